The topological polar surface area (TPSA) is 94.7 Å². The number of amides is 1. The van der Waals surface area contributed by atoms with Crippen LogP contribution in [0, 0.1) is 0 Å². The van der Waals surface area contributed by atoms with E-state index < -0.39 is 0 Å². The average molecular weight is 333 g/mol. The van der Waals surface area contributed by atoms with Crippen LogP contribution in [0.2, 0.25) is 0 Å². The van der Waals surface area contributed by atoms with Crippen molar-refractivity contribution in [3.8, 4) is 17.2 Å². The average Bonchev–Trinajstić information content (AvgIpc) is 3.27. The molecule has 1 aromatic carbocycles. The maximum atomic E-state index is 12.6. The Morgan fingerprint density at radius 2 is 2.17 bits per heavy atom. The fraction of sp³-hybridized carbons (Fsp3) is 0.375. The highest BCUT2D eigenvalue weighted by Gasteiger charge is 2.32. The summed E-state index contributed by atoms with van der Waals surface area (Å²) in [5, 5.41) is 9.44. The van der Waals surface area contributed by atoms with Crippen LogP contribution >= 0.6 is 0 Å². The predicted molar refractivity (Wildman–Crippen MR) is 84.6 cm³/mol. The van der Waals surface area contributed by atoms with E-state index in [0.717, 1.165) is 0 Å². The monoisotopic (exact) mass is 333 g/mol. The minimum atomic E-state index is -0.282. The highest BCUT2D eigenvalue weighted by atomic mass is 16.5. The van der Waals surface area contributed by atoms with Crippen LogP contribution in [0.25, 0.3) is 0 Å². The van der Waals surface area contributed by atoms with Crippen molar-refractivity contribution in [1.82, 2.24) is 15.5 Å². The fourth-order valence-corrected chi connectivity index (χ4v) is 2.50. The standard InChI is InChI=1S/C16H19N3O5/c1-21-10-3-4-12(14(5-10)22-2)16(20)19-13-8-23-9-15(13)24-11-6-17-18-7-11/h3-7,13,15H,8-9H2,1-2H3,(H,17,18)(H,19,20)/t13-,15+/m0/s1. The van der Waals surface area contributed by atoms with Gasteiger partial charge in [-0.25, -0.2) is 0 Å². The molecule has 0 bridgehead atoms. The number of H-pyrrole nitrogens is 1. The number of carbonyl (C=O) groups excluding carboxylic acids is 1. The van der Waals surface area contributed by atoms with Gasteiger partial charge < -0.3 is 24.3 Å². The lowest BCUT2D eigenvalue weighted by Gasteiger charge is -2.20. The first-order chi connectivity index (χ1) is 11.7. The predicted octanol–water partition coefficient (Wildman–Crippen LogP) is 1.00. The van der Waals surface area contributed by atoms with Gasteiger partial charge in [0.2, 0.25) is 0 Å². The number of aromatic amines is 1. The summed E-state index contributed by atoms with van der Waals surface area (Å²) in [6, 6.07) is 4.77. The first-order valence-corrected chi connectivity index (χ1v) is 7.47. The third-order valence-corrected chi connectivity index (χ3v) is 3.76. The van der Waals surface area contributed by atoms with Crippen molar-refractivity contribution < 1.29 is 23.7 Å². The molecule has 2 N–H and O–H groups in total. The molecule has 1 fully saturated rings. The van der Waals surface area contributed by atoms with Crippen LogP contribution in [-0.2, 0) is 4.74 Å². The van der Waals surface area contributed by atoms with Crippen molar-refractivity contribution in [2.45, 2.75) is 12.1 Å². The Labute approximate surface area is 139 Å². The normalized spacial score (nSPS) is 19.8. The lowest BCUT2D eigenvalue weighted by molar-refractivity contribution is 0.0901. The molecule has 1 aliphatic heterocycles. The SMILES string of the molecule is COc1ccc(C(=O)N[C@H]2COC[C@H]2Oc2cn[nH]c2)c(OC)c1. The third kappa shape index (κ3) is 3.43. The maximum absolute atomic E-state index is 12.6. The summed E-state index contributed by atoms with van der Waals surface area (Å²) in [4.78, 5) is 12.6. The van der Waals surface area contributed by atoms with E-state index >= 15 is 0 Å². The summed E-state index contributed by atoms with van der Waals surface area (Å²) in [6.45, 7) is 0.780. The van der Waals surface area contributed by atoms with Gasteiger partial charge in [-0.15, -0.1) is 0 Å². The summed E-state index contributed by atoms with van der Waals surface area (Å²) in [7, 11) is 3.07. The van der Waals surface area contributed by atoms with Crippen molar-refractivity contribution in [3.05, 3.63) is 36.2 Å². The Kier molecular flexibility index (Phi) is 4.85. The second-order valence-corrected chi connectivity index (χ2v) is 5.27. The molecule has 0 unspecified atom stereocenters. The second-order valence-electron chi connectivity index (χ2n) is 5.27. The van der Waals surface area contributed by atoms with E-state index in [4.69, 9.17) is 18.9 Å². The largest absolute Gasteiger partial charge is 0.497 e. The van der Waals surface area contributed by atoms with E-state index in [2.05, 4.69) is 15.5 Å². The minimum Gasteiger partial charge on any atom is -0.497 e. The van der Waals surface area contributed by atoms with Crippen LogP contribution in [0.15, 0.2) is 30.6 Å². The molecule has 8 nitrogen and oxygen atoms in total. The number of hydrogen-bond donors (Lipinski definition) is 2. The van der Waals surface area contributed by atoms with E-state index in [9.17, 15) is 4.79 Å². The third-order valence-electron chi connectivity index (χ3n) is 3.76. The quantitative estimate of drug-likeness (QED) is 0.819. The zero-order valence-electron chi connectivity index (χ0n) is 13.4. The van der Waals surface area contributed by atoms with Crippen LogP contribution in [0.1, 0.15) is 10.4 Å². The smallest absolute Gasteiger partial charge is 0.255 e. The Balaban J connectivity index is 1.69. The number of carbonyl (C=O) groups is 1. The summed E-state index contributed by atoms with van der Waals surface area (Å²) >= 11 is 0. The number of benzene rings is 1. The van der Waals surface area contributed by atoms with Crippen molar-refractivity contribution in [2.75, 3.05) is 27.4 Å². The maximum Gasteiger partial charge on any atom is 0.255 e. The van der Waals surface area contributed by atoms with Gasteiger partial charge in [0.1, 0.15) is 17.6 Å². The van der Waals surface area contributed by atoms with Crippen molar-refractivity contribution in [1.29, 1.82) is 0 Å². The van der Waals surface area contributed by atoms with Gasteiger partial charge in [-0.1, -0.05) is 0 Å². The first kappa shape index (κ1) is 16.1. The number of ether oxygens (including phenoxy) is 4. The number of rotatable bonds is 6. The van der Waals surface area contributed by atoms with Gasteiger partial charge in [0.05, 0.1) is 51.4 Å². The van der Waals surface area contributed by atoms with Gasteiger partial charge in [-0.3, -0.25) is 9.89 Å². The van der Waals surface area contributed by atoms with E-state index in [1.807, 2.05) is 0 Å². The van der Waals surface area contributed by atoms with Gasteiger partial charge in [-0.05, 0) is 12.1 Å². The van der Waals surface area contributed by atoms with E-state index in [-0.39, 0.29) is 18.1 Å². The number of nitrogens with one attached hydrogen (secondary N) is 2. The van der Waals surface area contributed by atoms with Crippen molar-refractivity contribution in [2.24, 2.45) is 0 Å². The van der Waals surface area contributed by atoms with Crippen LogP contribution in [0.4, 0.5) is 0 Å². The van der Waals surface area contributed by atoms with E-state index in [1.165, 1.54) is 7.11 Å². The molecule has 1 saturated heterocycles. The van der Waals surface area contributed by atoms with Gasteiger partial charge in [-0.2, -0.15) is 5.10 Å². The zero-order chi connectivity index (χ0) is 16.9. The Bertz CT molecular complexity index is 689. The molecule has 24 heavy (non-hydrogen) atoms. The van der Waals surface area contributed by atoms with Crippen LogP contribution in [-0.4, -0.2) is 55.7 Å². The van der Waals surface area contributed by atoms with Gasteiger partial charge in [0.15, 0.2) is 5.75 Å². The second kappa shape index (κ2) is 7.22. The van der Waals surface area contributed by atoms with Gasteiger partial charge >= 0.3 is 0 Å². The fourth-order valence-electron chi connectivity index (χ4n) is 2.50. The zero-order valence-corrected chi connectivity index (χ0v) is 13.4. The molecule has 0 saturated carbocycles. The summed E-state index contributed by atoms with van der Waals surface area (Å²) in [5.74, 6) is 1.41. The number of nitrogens with zero attached hydrogens (tertiary/aromatic N) is 1. The number of hydrogen-bond acceptors (Lipinski definition) is 6. The van der Waals surface area contributed by atoms with E-state index in [1.54, 1.807) is 37.7 Å². The molecule has 1 aliphatic rings. The molecule has 2 heterocycles. The number of methoxy groups -OCH3 is 2. The molecule has 0 radical (unpaired) electrons. The molecular formula is C16H19N3O5. The summed E-state index contributed by atoms with van der Waals surface area (Å²) in [6.07, 6.45) is 2.93. The van der Waals surface area contributed by atoms with Crippen LogP contribution in [0.5, 0.6) is 17.2 Å². The van der Waals surface area contributed by atoms with E-state index in [0.29, 0.717) is 36.0 Å². The molecule has 1 aromatic heterocycles. The molecule has 3 rings (SSSR count). The highest BCUT2D eigenvalue weighted by molar-refractivity contribution is 5.97. The van der Waals surface area contributed by atoms with Gasteiger partial charge in [0, 0.05) is 6.07 Å². The number of aromatic nitrogens is 2. The molecule has 2 atom stereocenters. The van der Waals surface area contributed by atoms with Gasteiger partial charge in [0.25, 0.3) is 5.91 Å². The molecule has 128 valence electrons. The summed E-state index contributed by atoms with van der Waals surface area (Å²) in [5.41, 5.74) is 0.423. The highest BCUT2D eigenvalue weighted by Crippen LogP contribution is 2.25. The lowest BCUT2D eigenvalue weighted by Crippen LogP contribution is -2.45. The van der Waals surface area contributed by atoms with Crippen molar-refractivity contribution >= 4 is 5.91 Å². The first-order valence-electron chi connectivity index (χ1n) is 7.47. The Morgan fingerprint density at radius 1 is 1.29 bits per heavy atom. The molecular weight excluding hydrogens is 314 g/mol. The lowest BCUT2D eigenvalue weighted by atomic mass is 10.1. The molecule has 0 aliphatic carbocycles. The molecule has 8 heteroatoms. The molecule has 0 spiro atoms. The Morgan fingerprint density at radius 3 is 2.88 bits per heavy atom. The summed E-state index contributed by atoms with van der Waals surface area (Å²) < 4.78 is 21.6. The van der Waals surface area contributed by atoms with Crippen LogP contribution < -0.4 is 19.5 Å². The van der Waals surface area contributed by atoms with Crippen LogP contribution in [0.3, 0.4) is 0 Å². The Hall–Kier alpha value is -2.74. The molecule has 1 amide bonds. The van der Waals surface area contributed by atoms with Crippen molar-refractivity contribution in [3.63, 3.8) is 0 Å². The molecule has 2 aromatic rings. The minimum absolute atomic E-state index is 0.259.